The van der Waals surface area contributed by atoms with Gasteiger partial charge in [-0.25, -0.2) is 9.97 Å². The predicted molar refractivity (Wildman–Crippen MR) is 87.1 cm³/mol. The van der Waals surface area contributed by atoms with Gasteiger partial charge >= 0.3 is 0 Å². The zero-order chi connectivity index (χ0) is 16.1. The molecule has 0 saturated heterocycles. The van der Waals surface area contributed by atoms with E-state index in [-0.39, 0.29) is 6.61 Å². The number of aryl methyl sites for hydroxylation is 1. The molecule has 0 fully saturated rings. The highest BCUT2D eigenvalue weighted by atomic mass is 16.3. The van der Waals surface area contributed by atoms with E-state index in [0.717, 1.165) is 36.8 Å². The van der Waals surface area contributed by atoms with E-state index in [1.54, 1.807) is 6.20 Å². The lowest BCUT2D eigenvalue weighted by molar-refractivity contribution is 0.233. The van der Waals surface area contributed by atoms with Crippen molar-refractivity contribution in [1.29, 1.82) is 0 Å². The molecule has 0 radical (unpaired) electrons. The Morgan fingerprint density at radius 1 is 1.04 bits per heavy atom. The standard InChI is InChI=1S/C17H21N5O/c1-21-9-8-20-17(21)12-22(11-16-18-6-7-19-16)10-14-2-4-15(13-23)5-3-14/h2-9,23H,10-13H2,1H3,(H,18,19). The third-order valence-electron chi connectivity index (χ3n) is 3.83. The van der Waals surface area contributed by atoms with Crippen LogP contribution in [0, 0.1) is 0 Å². The second-order valence-corrected chi connectivity index (χ2v) is 5.61. The summed E-state index contributed by atoms with van der Waals surface area (Å²) in [4.78, 5) is 14.2. The lowest BCUT2D eigenvalue weighted by Gasteiger charge is -2.21. The molecule has 2 heterocycles. The molecule has 0 atom stereocenters. The van der Waals surface area contributed by atoms with Crippen LogP contribution < -0.4 is 0 Å². The van der Waals surface area contributed by atoms with Crippen LogP contribution >= 0.6 is 0 Å². The molecule has 2 N–H and O–H groups in total. The van der Waals surface area contributed by atoms with Crippen LogP contribution in [0.3, 0.4) is 0 Å². The Morgan fingerprint density at radius 2 is 1.83 bits per heavy atom. The van der Waals surface area contributed by atoms with Crippen molar-refractivity contribution in [2.24, 2.45) is 7.05 Å². The predicted octanol–water partition coefficient (Wildman–Crippen LogP) is 1.84. The summed E-state index contributed by atoms with van der Waals surface area (Å²) in [6, 6.07) is 8.03. The van der Waals surface area contributed by atoms with Gasteiger partial charge in [-0.1, -0.05) is 24.3 Å². The SMILES string of the molecule is Cn1ccnc1CN(Cc1ccc(CO)cc1)Cc1ncc[nH]1. The Bertz CT molecular complexity index is 718. The number of aliphatic hydroxyl groups excluding tert-OH is 1. The summed E-state index contributed by atoms with van der Waals surface area (Å²) in [6.45, 7) is 2.33. The molecular weight excluding hydrogens is 290 g/mol. The minimum atomic E-state index is 0.0731. The van der Waals surface area contributed by atoms with Crippen LogP contribution in [0.15, 0.2) is 49.1 Å². The average molecular weight is 311 g/mol. The largest absolute Gasteiger partial charge is 0.392 e. The summed E-state index contributed by atoms with van der Waals surface area (Å²) in [7, 11) is 2.00. The van der Waals surface area contributed by atoms with E-state index in [1.165, 1.54) is 5.56 Å². The number of imidazole rings is 2. The molecule has 0 bridgehead atoms. The van der Waals surface area contributed by atoms with E-state index >= 15 is 0 Å². The van der Waals surface area contributed by atoms with Gasteiger partial charge < -0.3 is 14.7 Å². The van der Waals surface area contributed by atoms with Gasteiger partial charge in [0.25, 0.3) is 0 Å². The molecule has 0 aliphatic carbocycles. The van der Waals surface area contributed by atoms with Gasteiger partial charge in [0.05, 0.1) is 19.7 Å². The van der Waals surface area contributed by atoms with Crippen LogP contribution in [-0.4, -0.2) is 29.5 Å². The first-order valence-corrected chi connectivity index (χ1v) is 7.60. The second-order valence-electron chi connectivity index (χ2n) is 5.61. The van der Waals surface area contributed by atoms with Crippen molar-refractivity contribution in [2.75, 3.05) is 0 Å². The number of aliphatic hydroxyl groups is 1. The van der Waals surface area contributed by atoms with Crippen molar-refractivity contribution in [1.82, 2.24) is 24.4 Å². The van der Waals surface area contributed by atoms with Crippen molar-refractivity contribution in [2.45, 2.75) is 26.2 Å². The molecule has 3 rings (SSSR count). The van der Waals surface area contributed by atoms with E-state index in [0.29, 0.717) is 0 Å². The van der Waals surface area contributed by atoms with Crippen molar-refractivity contribution in [3.05, 3.63) is 71.8 Å². The molecule has 3 aromatic rings. The Labute approximate surface area is 135 Å². The van der Waals surface area contributed by atoms with Gasteiger partial charge in [0.1, 0.15) is 11.6 Å². The fraction of sp³-hybridized carbons (Fsp3) is 0.294. The van der Waals surface area contributed by atoms with E-state index in [2.05, 4.69) is 32.0 Å². The minimum absolute atomic E-state index is 0.0731. The number of rotatable bonds is 7. The van der Waals surface area contributed by atoms with Gasteiger partial charge in [-0.05, 0) is 11.1 Å². The molecule has 120 valence electrons. The Morgan fingerprint density at radius 3 is 2.43 bits per heavy atom. The van der Waals surface area contributed by atoms with Crippen LogP contribution in [0.2, 0.25) is 0 Å². The highest BCUT2D eigenvalue weighted by molar-refractivity contribution is 5.22. The molecule has 6 nitrogen and oxygen atoms in total. The Hall–Kier alpha value is -2.44. The molecular formula is C17H21N5O. The third kappa shape index (κ3) is 4.06. The fourth-order valence-corrected chi connectivity index (χ4v) is 2.52. The minimum Gasteiger partial charge on any atom is -0.392 e. The summed E-state index contributed by atoms with van der Waals surface area (Å²) in [5.41, 5.74) is 2.12. The lowest BCUT2D eigenvalue weighted by Crippen LogP contribution is -2.24. The number of H-pyrrole nitrogens is 1. The maximum atomic E-state index is 9.15. The first-order chi connectivity index (χ1) is 11.2. The van der Waals surface area contributed by atoms with E-state index < -0.39 is 0 Å². The molecule has 0 aliphatic heterocycles. The first-order valence-electron chi connectivity index (χ1n) is 7.60. The first kappa shape index (κ1) is 15.5. The van der Waals surface area contributed by atoms with Crippen molar-refractivity contribution in [3.8, 4) is 0 Å². The molecule has 0 unspecified atom stereocenters. The number of nitrogens with one attached hydrogen (secondary N) is 1. The molecule has 23 heavy (non-hydrogen) atoms. The van der Waals surface area contributed by atoms with Crippen molar-refractivity contribution < 1.29 is 5.11 Å². The highest BCUT2D eigenvalue weighted by Crippen LogP contribution is 2.12. The molecule has 0 saturated carbocycles. The third-order valence-corrected chi connectivity index (χ3v) is 3.83. The maximum Gasteiger partial charge on any atom is 0.122 e. The van der Waals surface area contributed by atoms with Crippen LogP contribution in [-0.2, 0) is 33.3 Å². The van der Waals surface area contributed by atoms with Crippen LogP contribution in [0.4, 0.5) is 0 Å². The van der Waals surface area contributed by atoms with Crippen LogP contribution in [0.1, 0.15) is 22.8 Å². The van der Waals surface area contributed by atoms with E-state index in [9.17, 15) is 0 Å². The maximum absolute atomic E-state index is 9.15. The Kier molecular flexibility index (Phi) is 4.85. The average Bonchev–Trinajstić information content (AvgIpc) is 3.21. The lowest BCUT2D eigenvalue weighted by atomic mass is 10.1. The van der Waals surface area contributed by atoms with Crippen LogP contribution in [0.5, 0.6) is 0 Å². The van der Waals surface area contributed by atoms with Gasteiger partial charge in [-0.2, -0.15) is 0 Å². The quantitative estimate of drug-likeness (QED) is 0.698. The summed E-state index contributed by atoms with van der Waals surface area (Å²) in [5.74, 6) is 1.95. The molecule has 2 aromatic heterocycles. The van der Waals surface area contributed by atoms with E-state index in [1.807, 2.05) is 42.3 Å². The number of nitrogens with zero attached hydrogens (tertiary/aromatic N) is 4. The summed E-state index contributed by atoms with van der Waals surface area (Å²) < 4.78 is 2.03. The van der Waals surface area contributed by atoms with Gasteiger partial charge in [-0.15, -0.1) is 0 Å². The smallest absolute Gasteiger partial charge is 0.122 e. The van der Waals surface area contributed by atoms with Gasteiger partial charge in [0.15, 0.2) is 0 Å². The fourth-order valence-electron chi connectivity index (χ4n) is 2.52. The number of aromatic amines is 1. The normalized spacial score (nSPS) is 11.3. The monoisotopic (exact) mass is 311 g/mol. The zero-order valence-corrected chi connectivity index (χ0v) is 13.2. The van der Waals surface area contributed by atoms with Gasteiger partial charge in [-0.3, -0.25) is 4.90 Å². The van der Waals surface area contributed by atoms with E-state index in [4.69, 9.17) is 5.11 Å². The molecule has 6 heteroatoms. The second kappa shape index (κ2) is 7.21. The number of benzene rings is 1. The Balaban J connectivity index is 1.74. The summed E-state index contributed by atoms with van der Waals surface area (Å²) in [6.07, 6.45) is 7.38. The molecule has 0 amide bonds. The molecule has 1 aromatic carbocycles. The number of hydrogen-bond donors (Lipinski definition) is 2. The summed E-state index contributed by atoms with van der Waals surface area (Å²) >= 11 is 0. The van der Waals surface area contributed by atoms with Crippen LogP contribution in [0.25, 0.3) is 0 Å². The summed E-state index contributed by atoms with van der Waals surface area (Å²) in [5, 5.41) is 9.15. The van der Waals surface area contributed by atoms with Crippen molar-refractivity contribution >= 4 is 0 Å². The van der Waals surface area contributed by atoms with Gasteiger partial charge in [0, 0.05) is 38.4 Å². The van der Waals surface area contributed by atoms with Gasteiger partial charge in [0.2, 0.25) is 0 Å². The zero-order valence-electron chi connectivity index (χ0n) is 13.2. The van der Waals surface area contributed by atoms with Crippen molar-refractivity contribution in [3.63, 3.8) is 0 Å². The highest BCUT2D eigenvalue weighted by Gasteiger charge is 2.12. The number of aromatic nitrogens is 4. The molecule has 0 spiro atoms. The molecule has 0 aliphatic rings. The number of hydrogen-bond acceptors (Lipinski definition) is 4. The topological polar surface area (TPSA) is 70.0 Å².